The fourth-order valence-electron chi connectivity index (χ4n) is 3.24. The van der Waals surface area contributed by atoms with Gasteiger partial charge in [0.2, 0.25) is 0 Å². The molecule has 2 unspecified atom stereocenters. The highest BCUT2D eigenvalue weighted by molar-refractivity contribution is 5.79. The SMILES string of the molecule is C=CCONC1CNC(C(=O)OCC)c2cccc(OCc3ccccc3)c21. The molecule has 0 saturated heterocycles. The molecular formula is C22H26N2O4. The van der Waals surface area contributed by atoms with E-state index in [0.29, 0.717) is 26.4 Å². The Balaban J connectivity index is 1.88. The van der Waals surface area contributed by atoms with Crippen LogP contribution in [0.3, 0.4) is 0 Å². The highest BCUT2D eigenvalue weighted by Crippen LogP contribution is 2.36. The van der Waals surface area contributed by atoms with Gasteiger partial charge in [0.15, 0.2) is 0 Å². The zero-order chi connectivity index (χ0) is 19.8. The van der Waals surface area contributed by atoms with E-state index in [1.165, 1.54) is 0 Å². The van der Waals surface area contributed by atoms with Crippen LogP contribution in [0.25, 0.3) is 0 Å². The molecule has 2 aromatic rings. The standard InChI is InChI=1S/C22H26N2O4/c1-3-13-28-24-18-14-23-21(22(25)26-4-2)17-11-8-12-19(20(17)18)27-15-16-9-6-5-7-10-16/h3,5-12,18,21,23-24H,1,4,13-15H2,2H3. The molecule has 1 aliphatic rings. The molecular weight excluding hydrogens is 356 g/mol. The predicted octanol–water partition coefficient (Wildman–Crippen LogP) is 3.22. The van der Waals surface area contributed by atoms with Gasteiger partial charge in [-0.15, -0.1) is 6.58 Å². The summed E-state index contributed by atoms with van der Waals surface area (Å²) >= 11 is 0. The zero-order valence-electron chi connectivity index (χ0n) is 16.0. The lowest BCUT2D eigenvalue weighted by Crippen LogP contribution is -2.43. The molecule has 28 heavy (non-hydrogen) atoms. The Bertz CT molecular complexity index is 794. The predicted molar refractivity (Wildman–Crippen MR) is 107 cm³/mol. The second kappa shape index (κ2) is 10.0. The minimum atomic E-state index is -0.535. The summed E-state index contributed by atoms with van der Waals surface area (Å²) in [6.07, 6.45) is 1.67. The van der Waals surface area contributed by atoms with Crippen molar-refractivity contribution in [1.82, 2.24) is 10.8 Å². The Morgan fingerprint density at radius 2 is 2.07 bits per heavy atom. The van der Waals surface area contributed by atoms with E-state index in [2.05, 4.69) is 17.4 Å². The molecule has 0 radical (unpaired) electrons. The molecule has 0 aromatic heterocycles. The van der Waals surface area contributed by atoms with Crippen LogP contribution in [-0.4, -0.2) is 25.7 Å². The van der Waals surface area contributed by atoms with Crippen molar-refractivity contribution >= 4 is 5.97 Å². The highest BCUT2D eigenvalue weighted by atomic mass is 16.6. The molecule has 6 heteroatoms. The van der Waals surface area contributed by atoms with E-state index in [1.54, 1.807) is 13.0 Å². The number of ether oxygens (including phenoxy) is 2. The molecule has 0 amide bonds. The Hall–Kier alpha value is -2.67. The van der Waals surface area contributed by atoms with Crippen LogP contribution < -0.4 is 15.5 Å². The lowest BCUT2D eigenvalue weighted by atomic mass is 9.90. The fraction of sp³-hybridized carbons (Fsp3) is 0.318. The number of fused-ring (bicyclic) bond motifs is 1. The van der Waals surface area contributed by atoms with Gasteiger partial charge in [0, 0.05) is 12.1 Å². The van der Waals surface area contributed by atoms with Crippen LogP contribution in [0, 0.1) is 0 Å². The van der Waals surface area contributed by atoms with Gasteiger partial charge in [-0.2, -0.15) is 5.48 Å². The summed E-state index contributed by atoms with van der Waals surface area (Å²) in [5.41, 5.74) is 5.85. The van der Waals surface area contributed by atoms with Crippen LogP contribution in [-0.2, 0) is 21.0 Å². The Morgan fingerprint density at radius 1 is 1.25 bits per heavy atom. The van der Waals surface area contributed by atoms with Gasteiger partial charge in [0.25, 0.3) is 0 Å². The average molecular weight is 382 g/mol. The Morgan fingerprint density at radius 3 is 2.82 bits per heavy atom. The summed E-state index contributed by atoms with van der Waals surface area (Å²) < 4.78 is 11.4. The van der Waals surface area contributed by atoms with E-state index in [9.17, 15) is 4.79 Å². The third-order valence-corrected chi connectivity index (χ3v) is 4.47. The van der Waals surface area contributed by atoms with Crippen molar-refractivity contribution in [2.24, 2.45) is 0 Å². The van der Waals surface area contributed by atoms with E-state index in [1.807, 2.05) is 48.5 Å². The first-order valence-corrected chi connectivity index (χ1v) is 9.42. The molecule has 0 aliphatic carbocycles. The Labute approximate surface area is 165 Å². The third kappa shape index (κ3) is 4.78. The fourth-order valence-corrected chi connectivity index (χ4v) is 3.24. The summed E-state index contributed by atoms with van der Waals surface area (Å²) in [6.45, 7) is 7.11. The maximum absolute atomic E-state index is 12.4. The smallest absolute Gasteiger partial charge is 0.327 e. The molecule has 1 heterocycles. The van der Waals surface area contributed by atoms with Gasteiger partial charge in [0.05, 0.1) is 19.3 Å². The maximum atomic E-state index is 12.4. The number of esters is 1. The summed E-state index contributed by atoms with van der Waals surface area (Å²) in [7, 11) is 0. The van der Waals surface area contributed by atoms with E-state index in [4.69, 9.17) is 14.3 Å². The van der Waals surface area contributed by atoms with Crippen LogP contribution in [0.5, 0.6) is 5.75 Å². The molecule has 6 nitrogen and oxygen atoms in total. The Kier molecular flexibility index (Phi) is 7.19. The monoisotopic (exact) mass is 382 g/mol. The lowest BCUT2D eigenvalue weighted by molar-refractivity contribution is -0.146. The summed E-state index contributed by atoms with van der Waals surface area (Å²) in [4.78, 5) is 17.9. The minimum Gasteiger partial charge on any atom is -0.489 e. The number of hydrogen-bond acceptors (Lipinski definition) is 6. The van der Waals surface area contributed by atoms with Crippen LogP contribution >= 0.6 is 0 Å². The largest absolute Gasteiger partial charge is 0.489 e. The summed E-state index contributed by atoms with van der Waals surface area (Å²) in [5.74, 6) is 0.422. The zero-order valence-corrected chi connectivity index (χ0v) is 16.0. The van der Waals surface area contributed by atoms with Crippen LogP contribution in [0.15, 0.2) is 61.2 Å². The number of carbonyl (C=O) groups excluding carboxylic acids is 1. The van der Waals surface area contributed by atoms with Crippen molar-refractivity contribution in [3.8, 4) is 5.75 Å². The average Bonchev–Trinajstić information content (AvgIpc) is 2.73. The molecule has 1 aliphatic heterocycles. The van der Waals surface area contributed by atoms with Crippen molar-refractivity contribution in [3.05, 3.63) is 77.9 Å². The first-order valence-electron chi connectivity index (χ1n) is 9.42. The van der Waals surface area contributed by atoms with Gasteiger partial charge in [-0.05, 0) is 24.1 Å². The van der Waals surface area contributed by atoms with E-state index in [0.717, 1.165) is 22.4 Å². The van der Waals surface area contributed by atoms with Crippen LogP contribution in [0.2, 0.25) is 0 Å². The van der Waals surface area contributed by atoms with Gasteiger partial charge < -0.3 is 9.47 Å². The normalized spacial score (nSPS) is 18.2. The topological polar surface area (TPSA) is 68.8 Å². The van der Waals surface area contributed by atoms with Gasteiger partial charge in [-0.3, -0.25) is 10.2 Å². The van der Waals surface area contributed by atoms with Crippen molar-refractivity contribution < 1.29 is 19.1 Å². The molecule has 2 N–H and O–H groups in total. The third-order valence-electron chi connectivity index (χ3n) is 4.47. The van der Waals surface area contributed by atoms with Crippen LogP contribution in [0.1, 0.15) is 35.7 Å². The van der Waals surface area contributed by atoms with E-state index >= 15 is 0 Å². The number of carbonyl (C=O) groups is 1. The number of hydrogen-bond donors (Lipinski definition) is 2. The molecule has 0 spiro atoms. The highest BCUT2D eigenvalue weighted by Gasteiger charge is 2.34. The molecule has 148 valence electrons. The molecule has 0 fully saturated rings. The van der Waals surface area contributed by atoms with Gasteiger partial charge in [-0.25, -0.2) is 4.79 Å². The lowest BCUT2D eigenvalue weighted by Gasteiger charge is -2.33. The number of hydroxylamine groups is 1. The van der Waals surface area contributed by atoms with Crippen LogP contribution in [0.4, 0.5) is 0 Å². The number of benzene rings is 2. The summed E-state index contributed by atoms with van der Waals surface area (Å²) in [6, 6.07) is 15.0. The number of nitrogens with one attached hydrogen (secondary N) is 2. The number of rotatable bonds is 9. The van der Waals surface area contributed by atoms with Gasteiger partial charge >= 0.3 is 5.97 Å². The molecule has 2 atom stereocenters. The van der Waals surface area contributed by atoms with Crippen molar-refractivity contribution in [2.45, 2.75) is 25.6 Å². The van der Waals surface area contributed by atoms with E-state index < -0.39 is 6.04 Å². The van der Waals surface area contributed by atoms with Gasteiger partial charge in [0.1, 0.15) is 18.4 Å². The first kappa shape index (κ1) is 20.1. The summed E-state index contributed by atoms with van der Waals surface area (Å²) in [5, 5.41) is 3.24. The molecule has 0 saturated carbocycles. The van der Waals surface area contributed by atoms with Gasteiger partial charge in [-0.1, -0.05) is 48.5 Å². The first-order chi connectivity index (χ1) is 13.7. The van der Waals surface area contributed by atoms with Crippen molar-refractivity contribution in [1.29, 1.82) is 0 Å². The van der Waals surface area contributed by atoms with E-state index in [-0.39, 0.29) is 12.0 Å². The van der Waals surface area contributed by atoms with Crippen molar-refractivity contribution in [2.75, 3.05) is 19.8 Å². The quantitative estimate of drug-likeness (QED) is 0.300. The minimum absolute atomic E-state index is 0.174. The maximum Gasteiger partial charge on any atom is 0.327 e. The molecule has 2 aromatic carbocycles. The second-order valence-corrected chi connectivity index (χ2v) is 6.40. The molecule has 3 rings (SSSR count). The molecule has 0 bridgehead atoms. The van der Waals surface area contributed by atoms with Crippen molar-refractivity contribution in [3.63, 3.8) is 0 Å². The second-order valence-electron chi connectivity index (χ2n) is 6.40.